The van der Waals surface area contributed by atoms with Crippen LogP contribution in [0.2, 0.25) is 0 Å². The Labute approximate surface area is 144 Å². The highest BCUT2D eigenvalue weighted by molar-refractivity contribution is 5.96. The molecule has 126 valence electrons. The third-order valence-corrected chi connectivity index (χ3v) is 5.53. The SMILES string of the molecule is CC(C)C1CCC(C)(C)c2ccc(-c3ccccc3C(=O)O)cc21. The van der Waals surface area contributed by atoms with Crippen molar-refractivity contribution in [2.24, 2.45) is 5.92 Å². The second kappa shape index (κ2) is 6.08. The summed E-state index contributed by atoms with van der Waals surface area (Å²) in [6, 6.07) is 13.8. The summed E-state index contributed by atoms with van der Waals surface area (Å²) >= 11 is 0. The van der Waals surface area contributed by atoms with Gasteiger partial charge in [-0.2, -0.15) is 0 Å². The van der Waals surface area contributed by atoms with E-state index in [1.54, 1.807) is 12.1 Å². The van der Waals surface area contributed by atoms with Crippen molar-refractivity contribution in [2.45, 2.75) is 51.9 Å². The lowest BCUT2D eigenvalue weighted by atomic mass is 9.66. The number of fused-ring (bicyclic) bond motifs is 1. The van der Waals surface area contributed by atoms with E-state index >= 15 is 0 Å². The first-order valence-electron chi connectivity index (χ1n) is 8.78. The van der Waals surface area contributed by atoms with Gasteiger partial charge in [0.1, 0.15) is 0 Å². The largest absolute Gasteiger partial charge is 0.478 e. The number of rotatable bonds is 3. The molecule has 1 unspecified atom stereocenters. The first-order chi connectivity index (χ1) is 11.3. The number of carbonyl (C=O) groups is 1. The minimum atomic E-state index is -0.871. The van der Waals surface area contributed by atoms with E-state index in [1.807, 2.05) is 12.1 Å². The standard InChI is InChI=1S/C22H26O2/c1-14(2)16-11-12-22(3,4)20-10-9-15(13-19(16)20)17-7-5-6-8-18(17)21(23)24/h5-10,13-14,16H,11-12H2,1-4H3,(H,23,24). The Morgan fingerprint density at radius 1 is 1.17 bits per heavy atom. The second-order valence-corrected chi connectivity index (χ2v) is 7.93. The molecule has 2 aromatic carbocycles. The highest BCUT2D eigenvalue weighted by atomic mass is 16.4. The summed E-state index contributed by atoms with van der Waals surface area (Å²) in [6.07, 6.45) is 2.40. The van der Waals surface area contributed by atoms with E-state index in [4.69, 9.17) is 0 Å². The van der Waals surface area contributed by atoms with Gasteiger partial charge in [-0.15, -0.1) is 0 Å². The van der Waals surface area contributed by atoms with Crippen LogP contribution in [0.25, 0.3) is 11.1 Å². The van der Waals surface area contributed by atoms with Gasteiger partial charge < -0.3 is 5.11 Å². The van der Waals surface area contributed by atoms with Gasteiger partial charge in [0.05, 0.1) is 5.56 Å². The average molecular weight is 322 g/mol. The van der Waals surface area contributed by atoms with Crippen LogP contribution in [0.3, 0.4) is 0 Å². The molecule has 24 heavy (non-hydrogen) atoms. The molecular formula is C22H26O2. The molecule has 2 nitrogen and oxygen atoms in total. The summed E-state index contributed by atoms with van der Waals surface area (Å²) in [4.78, 5) is 11.6. The highest BCUT2D eigenvalue weighted by Crippen LogP contribution is 2.46. The maximum Gasteiger partial charge on any atom is 0.336 e. The van der Waals surface area contributed by atoms with Crippen molar-refractivity contribution in [1.29, 1.82) is 0 Å². The van der Waals surface area contributed by atoms with Gasteiger partial charge in [-0.25, -0.2) is 4.79 Å². The van der Waals surface area contributed by atoms with E-state index in [2.05, 4.69) is 45.9 Å². The topological polar surface area (TPSA) is 37.3 Å². The lowest BCUT2D eigenvalue weighted by molar-refractivity contribution is 0.0697. The zero-order valence-electron chi connectivity index (χ0n) is 15.0. The number of benzene rings is 2. The van der Waals surface area contributed by atoms with Crippen molar-refractivity contribution < 1.29 is 9.90 Å². The molecule has 0 fully saturated rings. The number of hydrogen-bond acceptors (Lipinski definition) is 1. The van der Waals surface area contributed by atoms with Gasteiger partial charge in [-0.3, -0.25) is 0 Å². The molecule has 2 aromatic rings. The van der Waals surface area contributed by atoms with Crippen LogP contribution in [0.1, 0.15) is 67.9 Å². The molecule has 3 rings (SSSR count). The fourth-order valence-electron chi connectivity index (χ4n) is 4.07. The molecule has 1 atom stereocenters. The van der Waals surface area contributed by atoms with Crippen molar-refractivity contribution in [1.82, 2.24) is 0 Å². The van der Waals surface area contributed by atoms with Gasteiger partial charge in [0.2, 0.25) is 0 Å². The van der Waals surface area contributed by atoms with Crippen molar-refractivity contribution in [3.8, 4) is 11.1 Å². The Hall–Kier alpha value is -2.09. The van der Waals surface area contributed by atoms with E-state index < -0.39 is 5.97 Å². The third kappa shape index (κ3) is 2.86. The molecule has 0 amide bonds. The van der Waals surface area contributed by atoms with E-state index in [1.165, 1.54) is 24.0 Å². The molecule has 0 spiro atoms. The number of carboxylic acids is 1. The molecule has 2 heteroatoms. The van der Waals surface area contributed by atoms with Gasteiger partial charge >= 0.3 is 5.97 Å². The fraction of sp³-hybridized carbons (Fsp3) is 0.409. The first kappa shape index (κ1) is 16.8. The summed E-state index contributed by atoms with van der Waals surface area (Å²) in [5.41, 5.74) is 5.19. The molecule has 1 aliphatic rings. The fourth-order valence-corrected chi connectivity index (χ4v) is 4.07. The molecule has 0 radical (unpaired) electrons. The predicted octanol–water partition coefficient (Wildman–Crippen LogP) is 5.86. The molecule has 0 heterocycles. The Morgan fingerprint density at radius 2 is 1.88 bits per heavy atom. The van der Waals surface area contributed by atoms with Crippen molar-refractivity contribution in [2.75, 3.05) is 0 Å². The molecule has 0 saturated carbocycles. The van der Waals surface area contributed by atoms with Gasteiger partial charge in [-0.05, 0) is 58.4 Å². The molecule has 0 aliphatic heterocycles. The van der Waals surface area contributed by atoms with Gasteiger partial charge in [0.15, 0.2) is 0 Å². The summed E-state index contributed by atoms with van der Waals surface area (Å²) in [6.45, 7) is 9.19. The number of carboxylic acid groups (broad SMARTS) is 1. The zero-order valence-corrected chi connectivity index (χ0v) is 15.0. The summed E-state index contributed by atoms with van der Waals surface area (Å²) < 4.78 is 0. The monoisotopic (exact) mass is 322 g/mol. The molecular weight excluding hydrogens is 296 g/mol. The average Bonchev–Trinajstić information content (AvgIpc) is 2.54. The second-order valence-electron chi connectivity index (χ2n) is 7.93. The van der Waals surface area contributed by atoms with E-state index in [0.717, 1.165) is 11.1 Å². The Morgan fingerprint density at radius 3 is 2.54 bits per heavy atom. The normalized spacial score (nSPS) is 19.1. The van der Waals surface area contributed by atoms with Crippen LogP contribution < -0.4 is 0 Å². The summed E-state index contributed by atoms with van der Waals surface area (Å²) in [5, 5.41) is 9.49. The lowest BCUT2D eigenvalue weighted by Crippen LogP contribution is -2.28. The maximum atomic E-state index is 11.6. The van der Waals surface area contributed by atoms with Crippen molar-refractivity contribution in [3.05, 3.63) is 59.2 Å². The Balaban J connectivity index is 2.17. The lowest BCUT2D eigenvalue weighted by Gasteiger charge is -2.39. The van der Waals surface area contributed by atoms with E-state index in [-0.39, 0.29) is 5.41 Å². The van der Waals surface area contributed by atoms with Crippen LogP contribution in [-0.4, -0.2) is 11.1 Å². The van der Waals surface area contributed by atoms with Crippen LogP contribution in [0, 0.1) is 5.92 Å². The highest BCUT2D eigenvalue weighted by Gasteiger charge is 2.34. The molecule has 0 aromatic heterocycles. The minimum absolute atomic E-state index is 0.186. The van der Waals surface area contributed by atoms with Gasteiger partial charge in [0, 0.05) is 0 Å². The first-order valence-corrected chi connectivity index (χ1v) is 8.78. The summed E-state index contributed by atoms with van der Waals surface area (Å²) in [7, 11) is 0. The van der Waals surface area contributed by atoms with Crippen LogP contribution >= 0.6 is 0 Å². The Kier molecular flexibility index (Phi) is 4.25. The minimum Gasteiger partial charge on any atom is -0.478 e. The molecule has 1 N–H and O–H groups in total. The van der Waals surface area contributed by atoms with E-state index in [0.29, 0.717) is 17.4 Å². The molecule has 1 aliphatic carbocycles. The van der Waals surface area contributed by atoms with Gasteiger partial charge in [-0.1, -0.05) is 64.1 Å². The summed E-state index contributed by atoms with van der Waals surface area (Å²) in [5.74, 6) is 0.263. The third-order valence-electron chi connectivity index (χ3n) is 5.53. The predicted molar refractivity (Wildman–Crippen MR) is 98.7 cm³/mol. The van der Waals surface area contributed by atoms with Crippen LogP contribution in [0.5, 0.6) is 0 Å². The van der Waals surface area contributed by atoms with Crippen LogP contribution in [-0.2, 0) is 5.41 Å². The molecule has 0 saturated heterocycles. The number of hydrogen-bond donors (Lipinski definition) is 1. The quantitative estimate of drug-likeness (QED) is 0.768. The Bertz CT molecular complexity index is 771. The number of aromatic carboxylic acids is 1. The zero-order chi connectivity index (χ0) is 17.5. The van der Waals surface area contributed by atoms with Crippen LogP contribution in [0.4, 0.5) is 0 Å². The molecule has 0 bridgehead atoms. The van der Waals surface area contributed by atoms with Gasteiger partial charge in [0.25, 0.3) is 0 Å². The van der Waals surface area contributed by atoms with Crippen LogP contribution in [0.15, 0.2) is 42.5 Å². The van der Waals surface area contributed by atoms with E-state index in [9.17, 15) is 9.90 Å². The maximum absolute atomic E-state index is 11.6. The smallest absolute Gasteiger partial charge is 0.336 e. The van der Waals surface area contributed by atoms with Crippen molar-refractivity contribution >= 4 is 5.97 Å². The van der Waals surface area contributed by atoms with Crippen molar-refractivity contribution in [3.63, 3.8) is 0 Å².